The number of ether oxygens (including phenoxy) is 2. The van der Waals surface area contributed by atoms with Crippen LogP contribution < -0.4 is 9.46 Å². The van der Waals surface area contributed by atoms with E-state index in [4.69, 9.17) is 9.47 Å². The molecule has 7 nitrogen and oxygen atoms in total. The number of carbonyl (C=O) groups is 1. The molecule has 2 atom stereocenters. The summed E-state index contributed by atoms with van der Waals surface area (Å²) in [5, 5.41) is 0. The molecule has 1 amide bonds. The lowest BCUT2D eigenvalue weighted by molar-refractivity contribution is -0.152. The van der Waals surface area contributed by atoms with E-state index in [1.807, 2.05) is 18.2 Å². The van der Waals surface area contributed by atoms with Crippen LogP contribution in [-0.2, 0) is 19.6 Å². The monoisotopic (exact) mass is 450 g/mol. The molecular formula is C23H34N2O5S. The van der Waals surface area contributed by atoms with Crippen molar-refractivity contribution in [3.05, 3.63) is 29.8 Å². The van der Waals surface area contributed by atoms with Crippen LogP contribution in [0.15, 0.2) is 24.3 Å². The Morgan fingerprint density at radius 2 is 1.81 bits per heavy atom. The number of piperidine rings is 1. The number of sulfonamides is 1. The van der Waals surface area contributed by atoms with Gasteiger partial charge in [0.1, 0.15) is 5.75 Å². The van der Waals surface area contributed by atoms with Gasteiger partial charge in [0.2, 0.25) is 10.0 Å². The zero-order valence-corrected chi connectivity index (χ0v) is 19.5. The standard InChI is InChI=1S/C23H34N2O5S/c1-23(2)22(26)25-14-6-8-19(24-31(3,27)28)20(25)15-29-17-12-10-16(11-13-17)18-7-4-5-9-21(18)30-23/h4-5,7,9,16-17,19-20,24H,6,8,10-15H2,1-3H3/t16?,17?,19?,20-/m0/s1. The fraction of sp³-hybridized carbons (Fsp3) is 0.696. The van der Waals surface area contributed by atoms with Crippen molar-refractivity contribution in [2.75, 3.05) is 19.4 Å². The van der Waals surface area contributed by atoms with Gasteiger partial charge in [-0.2, -0.15) is 0 Å². The lowest BCUT2D eigenvalue weighted by Gasteiger charge is -2.44. The summed E-state index contributed by atoms with van der Waals surface area (Å²) in [7, 11) is -3.40. The van der Waals surface area contributed by atoms with Gasteiger partial charge in [0.25, 0.3) is 5.91 Å². The minimum Gasteiger partial charge on any atom is -0.478 e. The zero-order chi connectivity index (χ0) is 22.2. The highest BCUT2D eigenvalue weighted by atomic mass is 32.2. The highest BCUT2D eigenvalue weighted by Gasteiger charge is 2.43. The Labute approximate surface area is 185 Å². The van der Waals surface area contributed by atoms with Crippen molar-refractivity contribution in [2.24, 2.45) is 0 Å². The van der Waals surface area contributed by atoms with Gasteiger partial charge >= 0.3 is 0 Å². The second-order valence-corrected chi connectivity index (χ2v) is 11.4. The van der Waals surface area contributed by atoms with Crippen LogP contribution in [0, 0.1) is 0 Å². The molecule has 1 unspecified atom stereocenters. The number of benzene rings is 1. The number of para-hydroxylation sites is 1. The van der Waals surface area contributed by atoms with Gasteiger partial charge in [-0.1, -0.05) is 18.2 Å². The average Bonchev–Trinajstić information content (AvgIpc) is 2.72. The Balaban J connectivity index is 1.70. The molecule has 1 saturated carbocycles. The fourth-order valence-corrected chi connectivity index (χ4v) is 6.10. The van der Waals surface area contributed by atoms with Gasteiger partial charge in [0, 0.05) is 12.6 Å². The summed E-state index contributed by atoms with van der Waals surface area (Å²) < 4.78 is 39.4. The topological polar surface area (TPSA) is 84.9 Å². The van der Waals surface area contributed by atoms with Gasteiger partial charge in [0.15, 0.2) is 5.60 Å². The SMILES string of the molecule is CC1(C)Oc2ccccc2C2CCC(CC2)OC[C@H]2C(NS(C)(=O)=O)CCCN2C1=O. The highest BCUT2D eigenvalue weighted by molar-refractivity contribution is 7.88. The number of rotatable bonds is 2. The van der Waals surface area contributed by atoms with Crippen LogP contribution in [0.1, 0.15) is 63.9 Å². The number of nitrogens with one attached hydrogen (secondary N) is 1. The van der Waals surface area contributed by atoms with E-state index >= 15 is 0 Å². The number of amides is 1. The summed E-state index contributed by atoms with van der Waals surface area (Å²) in [6.45, 7) is 4.50. The van der Waals surface area contributed by atoms with E-state index < -0.39 is 15.6 Å². The zero-order valence-electron chi connectivity index (χ0n) is 18.7. The van der Waals surface area contributed by atoms with Gasteiger partial charge in [-0.3, -0.25) is 4.79 Å². The Kier molecular flexibility index (Phi) is 6.34. The van der Waals surface area contributed by atoms with E-state index in [0.717, 1.165) is 43.4 Å². The van der Waals surface area contributed by atoms with Gasteiger partial charge in [-0.25, -0.2) is 13.1 Å². The van der Waals surface area contributed by atoms with Crippen LogP contribution in [0.4, 0.5) is 0 Å². The molecule has 1 N–H and O–H groups in total. The third kappa shape index (κ3) is 5.07. The number of hydrogen-bond donors (Lipinski definition) is 1. The normalized spacial score (nSPS) is 31.5. The first-order valence-corrected chi connectivity index (χ1v) is 13.2. The number of fused-ring (bicyclic) bond motifs is 5. The van der Waals surface area contributed by atoms with Gasteiger partial charge in [-0.05, 0) is 69.9 Å². The quantitative estimate of drug-likeness (QED) is 0.749. The molecular weight excluding hydrogens is 416 g/mol. The molecule has 0 aromatic heterocycles. The first-order valence-electron chi connectivity index (χ1n) is 11.3. The molecule has 1 aromatic rings. The van der Waals surface area contributed by atoms with Crippen molar-refractivity contribution >= 4 is 15.9 Å². The van der Waals surface area contributed by atoms with Crippen molar-refractivity contribution in [1.82, 2.24) is 9.62 Å². The lowest BCUT2D eigenvalue weighted by Crippen LogP contribution is -2.62. The number of nitrogens with zero attached hydrogens (tertiary/aromatic N) is 1. The van der Waals surface area contributed by atoms with Crippen molar-refractivity contribution in [3.8, 4) is 5.75 Å². The van der Waals surface area contributed by atoms with Crippen molar-refractivity contribution in [2.45, 2.75) is 82.1 Å². The maximum Gasteiger partial charge on any atom is 0.266 e. The Morgan fingerprint density at radius 1 is 1.10 bits per heavy atom. The third-order valence-electron chi connectivity index (χ3n) is 6.82. The Hall–Kier alpha value is -1.64. The van der Waals surface area contributed by atoms with Crippen LogP contribution in [0.2, 0.25) is 0 Å². The van der Waals surface area contributed by atoms with Crippen molar-refractivity contribution in [3.63, 3.8) is 0 Å². The molecule has 31 heavy (non-hydrogen) atoms. The van der Waals surface area contributed by atoms with Gasteiger partial charge < -0.3 is 14.4 Å². The fourth-order valence-electron chi connectivity index (χ4n) is 5.28. The third-order valence-corrected chi connectivity index (χ3v) is 7.55. The molecule has 1 saturated heterocycles. The molecule has 5 rings (SSSR count). The van der Waals surface area contributed by atoms with E-state index in [2.05, 4.69) is 10.8 Å². The predicted molar refractivity (Wildman–Crippen MR) is 119 cm³/mol. The summed E-state index contributed by atoms with van der Waals surface area (Å²) in [4.78, 5) is 15.4. The molecule has 8 heteroatoms. The van der Waals surface area contributed by atoms with E-state index in [-0.39, 0.29) is 24.1 Å². The predicted octanol–water partition coefficient (Wildman–Crippen LogP) is 2.81. The largest absolute Gasteiger partial charge is 0.478 e. The molecule has 3 aliphatic heterocycles. The van der Waals surface area contributed by atoms with Crippen molar-refractivity contribution < 1.29 is 22.7 Å². The summed E-state index contributed by atoms with van der Waals surface area (Å²) >= 11 is 0. The first kappa shape index (κ1) is 22.6. The number of hydrogen-bond acceptors (Lipinski definition) is 5. The molecule has 3 heterocycles. The molecule has 1 aliphatic carbocycles. The lowest BCUT2D eigenvalue weighted by atomic mass is 9.82. The molecule has 4 aliphatic rings. The molecule has 2 bridgehead atoms. The highest BCUT2D eigenvalue weighted by Crippen LogP contribution is 2.40. The Morgan fingerprint density at radius 3 is 2.52 bits per heavy atom. The molecule has 2 fully saturated rings. The maximum atomic E-state index is 13.7. The molecule has 0 spiro atoms. The molecule has 172 valence electrons. The van der Waals surface area contributed by atoms with E-state index in [9.17, 15) is 13.2 Å². The molecule has 1 aromatic carbocycles. The number of carbonyl (C=O) groups excluding carboxylic acids is 1. The van der Waals surface area contributed by atoms with E-state index in [1.165, 1.54) is 6.26 Å². The summed E-state index contributed by atoms with van der Waals surface area (Å²) in [5.74, 6) is 1.02. The summed E-state index contributed by atoms with van der Waals surface area (Å²) in [6, 6.07) is 7.32. The van der Waals surface area contributed by atoms with Crippen molar-refractivity contribution in [1.29, 1.82) is 0 Å². The van der Waals surface area contributed by atoms with Crippen LogP contribution >= 0.6 is 0 Å². The minimum atomic E-state index is -3.40. The van der Waals surface area contributed by atoms with Crippen LogP contribution in [0.5, 0.6) is 5.75 Å². The second-order valence-electron chi connectivity index (χ2n) is 9.66. The maximum absolute atomic E-state index is 13.7. The van der Waals surface area contributed by atoms with Gasteiger partial charge in [0.05, 0.1) is 25.0 Å². The van der Waals surface area contributed by atoms with Crippen LogP contribution in [0.3, 0.4) is 0 Å². The first-order chi connectivity index (χ1) is 14.6. The van der Waals surface area contributed by atoms with Crippen LogP contribution in [0.25, 0.3) is 0 Å². The smallest absolute Gasteiger partial charge is 0.266 e. The van der Waals surface area contributed by atoms with E-state index in [0.29, 0.717) is 25.5 Å². The van der Waals surface area contributed by atoms with Crippen LogP contribution in [-0.4, -0.2) is 62.4 Å². The average molecular weight is 451 g/mol. The summed E-state index contributed by atoms with van der Waals surface area (Å²) in [5.41, 5.74) is 0.0841. The Bertz CT molecular complexity index is 908. The molecule has 0 radical (unpaired) electrons. The second kappa shape index (κ2) is 8.71. The van der Waals surface area contributed by atoms with Gasteiger partial charge in [-0.15, -0.1) is 0 Å². The minimum absolute atomic E-state index is 0.135. The van der Waals surface area contributed by atoms with E-state index in [1.54, 1.807) is 18.7 Å². The summed E-state index contributed by atoms with van der Waals surface area (Å²) in [6.07, 6.45) is 6.64.